The van der Waals surface area contributed by atoms with Crippen molar-refractivity contribution in [3.63, 3.8) is 0 Å². The Labute approximate surface area is 234 Å². The van der Waals surface area contributed by atoms with E-state index in [2.05, 4.69) is 15.8 Å². The number of hydrogen-bond acceptors (Lipinski definition) is 5. The largest absolute Gasteiger partial charge is 0.455 e. The molecule has 2 N–H and O–H groups in total. The number of hydrazone groups is 1. The molecule has 0 bridgehead atoms. The molecule has 4 rings (SSSR count). The summed E-state index contributed by atoms with van der Waals surface area (Å²) in [6.07, 6.45) is 2.80. The van der Waals surface area contributed by atoms with Gasteiger partial charge < -0.3 is 14.6 Å². The SMILES string of the molecule is CN(C)c1ccc(/C=C(/NC(=O)c2cccc(F)c2)C(=O)NN=Cc2ccc(-c3ccc(Cl)cc3Cl)o2)cc1. The predicted molar refractivity (Wildman–Crippen MR) is 153 cm³/mol. The molecule has 0 spiro atoms. The predicted octanol–water partition coefficient (Wildman–Crippen LogP) is 6.38. The van der Waals surface area contributed by atoms with Crippen molar-refractivity contribution < 1.29 is 18.4 Å². The summed E-state index contributed by atoms with van der Waals surface area (Å²) in [4.78, 5) is 27.7. The first-order valence-electron chi connectivity index (χ1n) is 11.6. The highest BCUT2D eigenvalue weighted by atomic mass is 35.5. The summed E-state index contributed by atoms with van der Waals surface area (Å²) >= 11 is 12.2. The Bertz CT molecular complexity index is 1560. The molecule has 1 aromatic heterocycles. The van der Waals surface area contributed by atoms with Crippen LogP contribution in [0.2, 0.25) is 10.0 Å². The minimum Gasteiger partial charge on any atom is -0.455 e. The fourth-order valence-corrected chi connectivity index (χ4v) is 3.99. The van der Waals surface area contributed by atoms with Gasteiger partial charge in [0.2, 0.25) is 0 Å². The summed E-state index contributed by atoms with van der Waals surface area (Å²) in [5, 5.41) is 7.42. The van der Waals surface area contributed by atoms with E-state index < -0.39 is 17.6 Å². The monoisotopic (exact) mass is 564 g/mol. The molecule has 10 heteroatoms. The molecule has 7 nitrogen and oxygen atoms in total. The fraction of sp³-hybridized carbons (Fsp3) is 0.0690. The average Bonchev–Trinajstić information content (AvgIpc) is 3.37. The number of carbonyl (C=O) groups excluding carboxylic acids is 2. The number of nitrogens with one attached hydrogen (secondary N) is 2. The number of benzene rings is 3. The Hall–Kier alpha value is -4.40. The molecule has 0 atom stereocenters. The maximum absolute atomic E-state index is 13.6. The molecule has 4 aromatic rings. The van der Waals surface area contributed by atoms with E-state index in [1.807, 2.05) is 31.1 Å². The fourth-order valence-electron chi connectivity index (χ4n) is 3.49. The Morgan fingerprint density at radius 1 is 0.974 bits per heavy atom. The third-order valence-corrected chi connectivity index (χ3v) is 6.03. The second-order valence-corrected chi connectivity index (χ2v) is 9.38. The van der Waals surface area contributed by atoms with Crippen LogP contribution in [0.4, 0.5) is 10.1 Å². The van der Waals surface area contributed by atoms with Gasteiger partial charge in [0.1, 0.15) is 23.0 Å². The average molecular weight is 565 g/mol. The standard InChI is InChI=1S/C29H23Cl2FN4O3/c1-36(2)22-9-6-18(7-10-22)14-26(34-28(37)19-4-3-5-21(32)15-19)29(38)35-33-17-23-11-13-27(39-23)24-12-8-20(30)16-25(24)31/h3-17H,1-2H3,(H,34,37)(H,35,38)/b26-14+,33-17?. The topological polar surface area (TPSA) is 86.9 Å². The van der Waals surface area contributed by atoms with Gasteiger partial charge in [-0.15, -0.1) is 0 Å². The normalized spacial score (nSPS) is 11.5. The van der Waals surface area contributed by atoms with E-state index in [0.717, 1.165) is 11.8 Å². The van der Waals surface area contributed by atoms with Gasteiger partial charge in [-0.1, -0.05) is 41.4 Å². The van der Waals surface area contributed by atoms with Crippen LogP contribution < -0.4 is 15.6 Å². The lowest BCUT2D eigenvalue weighted by atomic mass is 10.1. The van der Waals surface area contributed by atoms with Gasteiger partial charge in [0.25, 0.3) is 11.8 Å². The molecule has 1 heterocycles. The van der Waals surface area contributed by atoms with Crippen LogP contribution in [-0.4, -0.2) is 32.1 Å². The van der Waals surface area contributed by atoms with E-state index in [0.29, 0.717) is 32.7 Å². The number of carbonyl (C=O) groups is 2. The quantitative estimate of drug-likeness (QED) is 0.148. The Morgan fingerprint density at radius 2 is 1.74 bits per heavy atom. The van der Waals surface area contributed by atoms with Crippen LogP contribution in [0.25, 0.3) is 17.4 Å². The second-order valence-electron chi connectivity index (χ2n) is 8.53. The Morgan fingerprint density at radius 3 is 2.44 bits per heavy atom. The first-order chi connectivity index (χ1) is 18.7. The van der Waals surface area contributed by atoms with Crippen LogP contribution in [0.1, 0.15) is 21.7 Å². The maximum Gasteiger partial charge on any atom is 0.287 e. The van der Waals surface area contributed by atoms with Crippen LogP contribution >= 0.6 is 23.2 Å². The van der Waals surface area contributed by atoms with Crippen molar-refractivity contribution in [3.8, 4) is 11.3 Å². The molecule has 0 aliphatic rings. The maximum atomic E-state index is 13.6. The Balaban J connectivity index is 1.52. The molecule has 0 radical (unpaired) electrons. The van der Waals surface area contributed by atoms with Gasteiger partial charge in [-0.2, -0.15) is 5.10 Å². The van der Waals surface area contributed by atoms with Gasteiger partial charge in [0.05, 0.1) is 11.2 Å². The molecule has 3 aromatic carbocycles. The zero-order chi connectivity index (χ0) is 27.9. The van der Waals surface area contributed by atoms with Crippen LogP contribution in [0.3, 0.4) is 0 Å². The molecule has 0 aliphatic heterocycles. The molecule has 0 saturated heterocycles. The summed E-state index contributed by atoms with van der Waals surface area (Å²) in [5.74, 6) is -1.07. The van der Waals surface area contributed by atoms with Gasteiger partial charge >= 0.3 is 0 Å². The zero-order valence-electron chi connectivity index (χ0n) is 20.9. The number of halogens is 3. The van der Waals surface area contributed by atoms with E-state index in [9.17, 15) is 14.0 Å². The lowest BCUT2D eigenvalue weighted by Crippen LogP contribution is -2.32. The molecule has 0 unspecified atom stereocenters. The van der Waals surface area contributed by atoms with Gasteiger partial charge in [-0.05, 0) is 72.3 Å². The van der Waals surface area contributed by atoms with Crippen LogP contribution in [0.15, 0.2) is 94.1 Å². The highest BCUT2D eigenvalue weighted by molar-refractivity contribution is 6.36. The molecule has 0 fully saturated rings. The highest BCUT2D eigenvalue weighted by Gasteiger charge is 2.15. The lowest BCUT2D eigenvalue weighted by Gasteiger charge is -2.12. The van der Waals surface area contributed by atoms with Gasteiger partial charge in [-0.3, -0.25) is 9.59 Å². The summed E-state index contributed by atoms with van der Waals surface area (Å²) in [7, 11) is 3.82. The molecular formula is C29H23Cl2FN4O3. The minimum absolute atomic E-state index is 0.0594. The highest BCUT2D eigenvalue weighted by Crippen LogP contribution is 2.31. The van der Waals surface area contributed by atoms with E-state index >= 15 is 0 Å². The second kappa shape index (κ2) is 12.4. The molecule has 2 amide bonds. The zero-order valence-corrected chi connectivity index (χ0v) is 22.4. The first kappa shape index (κ1) is 27.6. The number of amides is 2. The minimum atomic E-state index is -0.694. The van der Waals surface area contributed by atoms with Crippen molar-refractivity contribution in [1.29, 1.82) is 0 Å². The smallest absolute Gasteiger partial charge is 0.287 e. The van der Waals surface area contributed by atoms with Gasteiger partial charge in [0, 0.05) is 35.9 Å². The van der Waals surface area contributed by atoms with Crippen molar-refractivity contribution in [2.45, 2.75) is 0 Å². The molecular weight excluding hydrogens is 542 g/mol. The number of nitrogens with zero attached hydrogens (tertiary/aromatic N) is 2. The summed E-state index contributed by atoms with van der Waals surface area (Å²) in [5.41, 5.74) is 4.62. The van der Waals surface area contributed by atoms with Crippen molar-refractivity contribution in [3.05, 3.63) is 117 Å². The number of anilines is 1. The number of rotatable bonds is 8. The Kier molecular flexibility index (Phi) is 8.81. The number of furan rings is 1. The van der Waals surface area contributed by atoms with Crippen LogP contribution in [-0.2, 0) is 4.79 Å². The van der Waals surface area contributed by atoms with Crippen LogP contribution in [0, 0.1) is 5.82 Å². The van der Waals surface area contributed by atoms with Crippen LogP contribution in [0.5, 0.6) is 0 Å². The van der Waals surface area contributed by atoms with Crippen molar-refractivity contribution in [1.82, 2.24) is 10.7 Å². The number of hydrogen-bond donors (Lipinski definition) is 2. The van der Waals surface area contributed by atoms with Gasteiger partial charge in [-0.25, -0.2) is 9.82 Å². The third-order valence-electron chi connectivity index (χ3n) is 5.48. The third kappa shape index (κ3) is 7.34. The van der Waals surface area contributed by atoms with E-state index in [1.54, 1.807) is 42.5 Å². The summed E-state index contributed by atoms with van der Waals surface area (Å²) in [6, 6.07) is 20.9. The van der Waals surface area contributed by atoms with Crippen molar-refractivity contribution in [2.24, 2.45) is 5.10 Å². The summed E-state index contributed by atoms with van der Waals surface area (Å²) < 4.78 is 19.4. The first-order valence-corrected chi connectivity index (χ1v) is 12.4. The summed E-state index contributed by atoms with van der Waals surface area (Å²) in [6.45, 7) is 0. The van der Waals surface area contributed by atoms with E-state index in [4.69, 9.17) is 27.6 Å². The molecule has 0 saturated carbocycles. The van der Waals surface area contributed by atoms with E-state index in [-0.39, 0.29) is 11.3 Å². The van der Waals surface area contributed by atoms with Gasteiger partial charge in [0.15, 0.2) is 0 Å². The molecule has 0 aliphatic carbocycles. The van der Waals surface area contributed by atoms with E-state index in [1.165, 1.54) is 30.5 Å². The van der Waals surface area contributed by atoms with Crippen molar-refractivity contribution in [2.75, 3.05) is 19.0 Å². The molecule has 198 valence electrons. The van der Waals surface area contributed by atoms with Crippen molar-refractivity contribution >= 4 is 53.0 Å². The molecule has 39 heavy (non-hydrogen) atoms. The lowest BCUT2D eigenvalue weighted by molar-refractivity contribution is -0.117.